The number of hydrogen-bond donors (Lipinski definition) is 2. The zero-order valence-electron chi connectivity index (χ0n) is 10.7. The average Bonchev–Trinajstić information content (AvgIpc) is 2.97. The molecule has 0 radical (unpaired) electrons. The standard InChI is InChI=1S/C13H14N2O4S/c16-12-8-14-13(17)11-7-9(3-4-10(11)12)20(18,19)15-5-1-2-6-15/h3-4,7-8,16H,1-2,5-6H2,(H,14,17). The highest BCUT2D eigenvalue weighted by atomic mass is 32.2. The van der Waals surface area contributed by atoms with Crippen molar-refractivity contribution >= 4 is 20.8 Å². The Morgan fingerprint density at radius 3 is 2.55 bits per heavy atom. The molecule has 2 aromatic rings. The maximum absolute atomic E-state index is 12.4. The summed E-state index contributed by atoms with van der Waals surface area (Å²) in [5.41, 5.74) is -0.420. The highest BCUT2D eigenvalue weighted by molar-refractivity contribution is 7.89. The lowest BCUT2D eigenvalue weighted by atomic mass is 10.1. The molecule has 3 rings (SSSR count). The van der Waals surface area contributed by atoms with Gasteiger partial charge in [0, 0.05) is 24.7 Å². The molecule has 0 unspecified atom stereocenters. The number of aromatic nitrogens is 1. The molecular formula is C13H14N2O4S. The fourth-order valence-corrected chi connectivity index (χ4v) is 4.01. The van der Waals surface area contributed by atoms with Crippen LogP contribution in [0.2, 0.25) is 0 Å². The first-order chi connectivity index (χ1) is 9.50. The van der Waals surface area contributed by atoms with Gasteiger partial charge < -0.3 is 10.1 Å². The Hall–Kier alpha value is -1.86. The van der Waals surface area contributed by atoms with Crippen molar-refractivity contribution in [3.05, 3.63) is 34.7 Å². The van der Waals surface area contributed by atoms with Crippen molar-refractivity contribution in [1.82, 2.24) is 9.29 Å². The van der Waals surface area contributed by atoms with Gasteiger partial charge in [0.05, 0.1) is 10.3 Å². The van der Waals surface area contributed by atoms with E-state index in [0.29, 0.717) is 18.5 Å². The molecule has 1 aromatic carbocycles. The Labute approximate surface area is 115 Å². The minimum absolute atomic E-state index is 0.0790. The molecule has 7 heteroatoms. The van der Waals surface area contributed by atoms with Crippen molar-refractivity contribution in [2.75, 3.05) is 13.1 Å². The zero-order chi connectivity index (χ0) is 14.3. The minimum Gasteiger partial charge on any atom is -0.506 e. The lowest BCUT2D eigenvalue weighted by molar-refractivity contribution is 0.476. The van der Waals surface area contributed by atoms with E-state index in [2.05, 4.69) is 4.98 Å². The lowest BCUT2D eigenvalue weighted by Crippen LogP contribution is -2.27. The number of rotatable bonds is 2. The molecule has 0 amide bonds. The van der Waals surface area contributed by atoms with Gasteiger partial charge >= 0.3 is 0 Å². The fourth-order valence-electron chi connectivity index (χ4n) is 2.46. The van der Waals surface area contributed by atoms with Crippen molar-refractivity contribution in [3.63, 3.8) is 0 Å². The summed E-state index contributed by atoms with van der Waals surface area (Å²) in [7, 11) is -3.56. The molecule has 20 heavy (non-hydrogen) atoms. The summed E-state index contributed by atoms with van der Waals surface area (Å²) in [5, 5.41) is 10.2. The molecule has 106 valence electrons. The number of benzene rings is 1. The summed E-state index contributed by atoms with van der Waals surface area (Å²) in [5.74, 6) is -0.0790. The van der Waals surface area contributed by atoms with Gasteiger partial charge in [-0.15, -0.1) is 0 Å². The van der Waals surface area contributed by atoms with E-state index in [4.69, 9.17) is 0 Å². The molecular weight excluding hydrogens is 280 g/mol. The number of aromatic amines is 1. The topological polar surface area (TPSA) is 90.5 Å². The molecule has 1 saturated heterocycles. The Morgan fingerprint density at radius 1 is 1.15 bits per heavy atom. The molecule has 0 bridgehead atoms. The first kappa shape index (κ1) is 13.1. The molecule has 1 aromatic heterocycles. The van der Waals surface area contributed by atoms with Crippen molar-refractivity contribution in [2.24, 2.45) is 0 Å². The Balaban J connectivity index is 2.18. The van der Waals surface area contributed by atoms with Crippen LogP contribution in [0.4, 0.5) is 0 Å². The second-order valence-electron chi connectivity index (χ2n) is 4.82. The molecule has 1 aliphatic heterocycles. The average molecular weight is 294 g/mol. The second-order valence-corrected chi connectivity index (χ2v) is 6.76. The normalized spacial score (nSPS) is 16.8. The van der Waals surface area contributed by atoms with Gasteiger partial charge in [-0.3, -0.25) is 4.79 Å². The summed E-state index contributed by atoms with van der Waals surface area (Å²) in [6, 6.07) is 4.21. The third-order valence-electron chi connectivity index (χ3n) is 3.55. The van der Waals surface area contributed by atoms with Gasteiger partial charge in [0.25, 0.3) is 5.56 Å². The summed E-state index contributed by atoms with van der Waals surface area (Å²) in [6.07, 6.45) is 2.90. The van der Waals surface area contributed by atoms with E-state index in [1.54, 1.807) is 0 Å². The van der Waals surface area contributed by atoms with Crippen LogP contribution in [-0.2, 0) is 10.0 Å². The second kappa shape index (κ2) is 4.60. The molecule has 0 atom stereocenters. The van der Waals surface area contributed by atoms with E-state index in [1.807, 2.05) is 0 Å². The van der Waals surface area contributed by atoms with Gasteiger partial charge in [0.1, 0.15) is 5.75 Å². The molecule has 1 fully saturated rings. The summed E-state index contributed by atoms with van der Waals surface area (Å²) in [6.45, 7) is 1.02. The van der Waals surface area contributed by atoms with Crippen molar-refractivity contribution in [2.45, 2.75) is 17.7 Å². The monoisotopic (exact) mass is 294 g/mol. The smallest absolute Gasteiger partial charge is 0.256 e. The Kier molecular flexibility index (Phi) is 3.02. The van der Waals surface area contributed by atoms with Crippen molar-refractivity contribution in [3.8, 4) is 5.75 Å². The molecule has 2 N–H and O–H groups in total. The largest absolute Gasteiger partial charge is 0.506 e. The quantitative estimate of drug-likeness (QED) is 0.865. The van der Waals surface area contributed by atoms with E-state index in [9.17, 15) is 18.3 Å². The maximum Gasteiger partial charge on any atom is 0.256 e. The molecule has 0 aliphatic carbocycles. The van der Waals surface area contributed by atoms with Crippen molar-refractivity contribution < 1.29 is 13.5 Å². The molecule has 1 aliphatic rings. The number of nitrogens with one attached hydrogen (secondary N) is 1. The van der Waals surface area contributed by atoms with Crippen LogP contribution in [0.15, 0.2) is 34.1 Å². The van der Waals surface area contributed by atoms with Gasteiger partial charge in [0.15, 0.2) is 0 Å². The van der Waals surface area contributed by atoms with Gasteiger partial charge in [-0.2, -0.15) is 4.31 Å². The van der Waals surface area contributed by atoms with E-state index < -0.39 is 15.6 Å². The third kappa shape index (κ3) is 1.99. The lowest BCUT2D eigenvalue weighted by Gasteiger charge is -2.15. The number of nitrogens with zero attached hydrogens (tertiary/aromatic N) is 1. The first-order valence-electron chi connectivity index (χ1n) is 6.35. The number of pyridine rings is 1. The van der Waals surface area contributed by atoms with E-state index in [1.165, 1.54) is 28.7 Å². The van der Waals surface area contributed by atoms with E-state index in [-0.39, 0.29) is 16.0 Å². The summed E-state index contributed by atoms with van der Waals surface area (Å²) >= 11 is 0. The van der Waals surface area contributed by atoms with Crippen LogP contribution >= 0.6 is 0 Å². The highest BCUT2D eigenvalue weighted by Gasteiger charge is 2.27. The van der Waals surface area contributed by atoms with E-state index >= 15 is 0 Å². The fraction of sp³-hybridized carbons (Fsp3) is 0.308. The van der Waals surface area contributed by atoms with Crippen molar-refractivity contribution in [1.29, 1.82) is 0 Å². The highest BCUT2D eigenvalue weighted by Crippen LogP contribution is 2.26. The van der Waals surface area contributed by atoms with Crippen LogP contribution in [0.5, 0.6) is 5.75 Å². The van der Waals surface area contributed by atoms with Crippen LogP contribution in [0.1, 0.15) is 12.8 Å². The number of sulfonamides is 1. The van der Waals surface area contributed by atoms with Gasteiger partial charge in [-0.1, -0.05) is 0 Å². The van der Waals surface area contributed by atoms with Gasteiger partial charge in [-0.05, 0) is 31.0 Å². The number of fused-ring (bicyclic) bond motifs is 1. The van der Waals surface area contributed by atoms with E-state index in [0.717, 1.165) is 12.8 Å². The predicted octanol–water partition coefficient (Wildman–Crippen LogP) is 1.02. The summed E-state index contributed by atoms with van der Waals surface area (Å²) in [4.78, 5) is 14.2. The zero-order valence-corrected chi connectivity index (χ0v) is 11.5. The third-order valence-corrected chi connectivity index (χ3v) is 5.45. The molecule has 2 heterocycles. The van der Waals surface area contributed by atoms with Crippen LogP contribution in [0, 0.1) is 0 Å². The minimum atomic E-state index is -3.56. The van der Waals surface area contributed by atoms with Gasteiger partial charge in [-0.25, -0.2) is 8.42 Å². The SMILES string of the molecule is O=c1[nH]cc(O)c2ccc(S(=O)(=O)N3CCCC3)cc12. The molecule has 0 saturated carbocycles. The predicted molar refractivity (Wildman–Crippen MR) is 74.2 cm³/mol. The number of H-pyrrole nitrogens is 1. The van der Waals surface area contributed by atoms with Crippen LogP contribution in [0.3, 0.4) is 0 Å². The van der Waals surface area contributed by atoms with Crippen LogP contribution in [0.25, 0.3) is 10.8 Å². The van der Waals surface area contributed by atoms with Crippen LogP contribution < -0.4 is 5.56 Å². The number of hydrogen-bond acceptors (Lipinski definition) is 4. The summed E-state index contributed by atoms with van der Waals surface area (Å²) < 4.78 is 26.3. The first-order valence-corrected chi connectivity index (χ1v) is 7.79. The van der Waals surface area contributed by atoms with Gasteiger partial charge in [0.2, 0.25) is 10.0 Å². The Bertz CT molecular complexity index is 820. The Morgan fingerprint density at radius 2 is 1.85 bits per heavy atom. The maximum atomic E-state index is 12.4. The van der Waals surface area contributed by atoms with Crippen LogP contribution in [-0.4, -0.2) is 35.9 Å². The molecule has 0 spiro atoms. The number of aromatic hydroxyl groups is 1. The molecule has 6 nitrogen and oxygen atoms in total.